The predicted octanol–water partition coefficient (Wildman–Crippen LogP) is -0.109. The highest BCUT2D eigenvalue weighted by Gasteiger charge is 1.82. The molecular formula is C4H6O3. The molecule has 3 heteroatoms. The van der Waals surface area contributed by atoms with Crippen LogP contribution in [0, 0.1) is 0 Å². The second-order valence-corrected chi connectivity index (χ2v) is 0.989. The van der Waals surface area contributed by atoms with Gasteiger partial charge < -0.3 is 4.74 Å². The molecule has 0 aliphatic carbocycles. The maximum Gasteiger partial charge on any atom is 0.417 e. The summed E-state index contributed by atoms with van der Waals surface area (Å²) in [4.78, 5) is 9.23. The lowest BCUT2D eigenvalue weighted by Gasteiger charge is -1.87. The van der Waals surface area contributed by atoms with Crippen molar-refractivity contribution in [1.82, 2.24) is 0 Å². The Morgan fingerprint density at radius 2 is 2.29 bits per heavy atom. The van der Waals surface area contributed by atoms with Crippen LogP contribution in [-0.2, 0) is 14.6 Å². The maximum atomic E-state index is 9.59. The highest BCUT2D eigenvalue weighted by molar-refractivity contribution is 5.37. The van der Waals surface area contributed by atoms with Crippen molar-refractivity contribution in [2.75, 3.05) is 13.2 Å². The van der Waals surface area contributed by atoms with E-state index in [1.165, 1.54) is 6.47 Å². The summed E-state index contributed by atoms with van der Waals surface area (Å²) < 4.78 is 4.07. The number of carbonyl (C=O) groups excluding carboxylic acids is 1. The molecule has 2 radical (unpaired) electrons. The van der Waals surface area contributed by atoms with Crippen molar-refractivity contribution in [3.05, 3.63) is 0 Å². The van der Waals surface area contributed by atoms with E-state index >= 15 is 0 Å². The normalized spacial score (nSPS) is 8.14. The molecule has 0 bridgehead atoms. The summed E-state index contributed by atoms with van der Waals surface area (Å²) in [5.41, 5.74) is 0. The third kappa shape index (κ3) is 5.43. The number of hydrogen-bond donors (Lipinski definition) is 0. The molecule has 0 saturated carbocycles. The number of rotatable bonds is 4. The quantitative estimate of drug-likeness (QED) is 0.465. The maximum absolute atomic E-state index is 9.59. The molecule has 0 amide bonds. The molecule has 0 aliphatic heterocycles. The molecule has 40 valence electrons. The molecule has 0 rings (SSSR count). The highest BCUT2D eigenvalue weighted by atomic mass is 16.5. The first kappa shape index (κ1) is 6.43. The molecule has 0 aliphatic rings. The highest BCUT2D eigenvalue weighted by Crippen LogP contribution is 1.74. The minimum atomic E-state index is -0.193. The first-order valence-electron chi connectivity index (χ1n) is 1.99. The van der Waals surface area contributed by atoms with Crippen molar-refractivity contribution < 1.29 is 14.6 Å². The molecule has 0 aromatic carbocycles. The summed E-state index contributed by atoms with van der Waals surface area (Å²) in [5, 5.41) is 9.59. The molecule has 0 aromatic rings. The van der Waals surface area contributed by atoms with Gasteiger partial charge in [0, 0.05) is 6.42 Å². The van der Waals surface area contributed by atoms with Crippen LogP contribution in [0.25, 0.3) is 0 Å². The zero-order valence-corrected chi connectivity index (χ0v) is 3.85. The molecule has 0 aromatic heterocycles. The van der Waals surface area contributed by atoms with E-state index in [0.717, 1.165) is 0 Å². The number of hydrogen-bond acceptors (Lipinski definition) is 2. The van der Waals surface area contributed by atoms with Crippen LogP contribution in [0.3, 0.4) is 0 Å². The summed E-state index contributed by atoms with van der Waals surface area (Å²) >= 11 is 0. The molecule has 0 saturated heterocycles. The third-order valence-electron chi connectivity index (χ3n) is 0.450. The summed E-state index contributed by atoms with van der Waals surface area (Å²) in [5.74, 6) is 0. The second kappa shape index (κ2) is 5.43. The van der Waals surface area contributed by atoms with Crippen LogP contribution in [0.4, 0.5) is 0 Å². The van der Waals surface area contributed by atoms with Crippen LogP contribution in [-0.4, -0.2) is 19.7 Å². The van der Waals surface area contributed by atoms with E-state index in [0.29, 0.717) is 6.42 Å². The predicted molar refractivity (Wildman–Crippen MR) is 21.8 cm³/mol. The second-order valence-electron chi connectivity index (χ2n) is 0.989. The van der Waals surface area contributed by atoms with Gasteiger partial charge in [-0.25, -0.2) is 9.90 Å². The Kier molecular flexibility index (Phi) is 4.99. The van der Waals surface area contributed by atoms with Gasteiger partial charge >= 0.3 is 6.47 Å². The lowest BCUT2D eigenvalue weighted by Crippen LogP contribution is -1.92. The van der Waals surface area contributed by atoms with Crippen LogP contribution in [0.5, 0.6) is 0 Å². The molecule has 0 heterocycles. The Morgan fingerprint density at radius 3 is 2.71 bits per heavy atom. The van der Waals surface area contributed by atoms with E-state index in [4.69, 9.17) is 0 Å². The lowest BCUT2D eigenvalue weighted by molar-refractivity contribution is 0.160. The van der Waals surface area contributed by atoms with Crippen LogP contribution >= 0.6 is 0 Å². The summed E-state index contributed by atoms with van der Waals surface area (Å²) in [7, 11) is 0. The van der Waals surface area contributed by atoms with E-state index in [9.17, 15) is 9.90 Å². The zero-order chi connectivity index (χ0) is 5.54. The Balaban J connectivity index is 2.56. The van der Waals surface area contributed by atoms with E-state index in [-0.39, 0.29) is 13.2 Å². The largest absolute Gasteiger partial charge is 0.457 e. The Bertz CT molecular complexity index is 44.2. The van der Waals surface area contributed by atoms with Crippen LogP contribution in [0.15, 0.2) is 0 Å². The number of ether oxygens (including phenoxy) is 1. The third-order valence-corrected chi connectivity index (χ3v) is 0.450. The smallest absolute Gasteiger partial charge is 0.417 e. The average Bonchev–Trinajstić information content (AvgIpc) is 1.69. The molecule has 0 unspecified atom stereocenters. The summed E-state index contributed by atoms with van der Waals surface area (Å²) in [6.07, 6.45) is 0.384. The minimum absolute atomic E-state index is 0.193. The van der Waals surface area contributed by atoms with Gasteiger partial charge in [-0.3, -0.25) is 0 Å². The summed E-state index contributed by atoms with van der Waals surface area (Å²) in [6.45, 7) is 1.22. The molecule has 0 spiro atoms. The first-order valence-corrected chi connectivity index (χ1v) is 1.99. The van der Waals surface area contributed by atoms with Crippen molar-refractivity contribution in [1.29, 1.82) is 0 Å². The van der Waals surface area contributed by atoms with Gasteiger partial charge in [-0.15, -0.1) is 0 Å². The monoisotopic (exact) mass is 102 g/mol. The van der Waals surface area contributed by atoms with Gasteiger partial charge in [0.25, 0.3) is 0 Å². The minimum Gasteiger partial charge on any atom is -0.457 e. The van der Waals surface area contributed by atoms with Gasteiger partial charge in [0.15, 0.2) is 0 Å². The fourth-order valence-corrected chi connectivity index (χ4v) is 0.173. The summed E-state index contributed by atoms with van der Waals surface area (Å²) in [6, 6.07) is 0. The van der Waals surface area contributed by atoms with Crippen LogP contribution < -0.4 is 0 Å². The Labute approximate surface area is 41.9 Å². The SMILES string of the molecule is [O]CCCO[C]=O. The van der Waals surface area contributed by atoms with Crippen molar-refractivity contribution in [3.63, 3.8) is 0 Å². The topological polar surface area (TPSA) is 46.2 Å². The van der Waals surface area contributed by atoms with E-state index in [2.05, 4.69) is 4.74 Å². The first-order chi connectivity index (χ1) is 3.41. The van der Waals surface area contributed by atoms with Crippen molar-refractivity contribution >= 4 is 6.47 Å². The van der Waals surface area contributed by atoms with Gasteiger partial charge in [-0.05, 0) is 0 Å². The molecule has 3 nitrogen and oxygen atoms in total. The molecule has 0 fully saturated rings. The zero-order valence-electron chi connectivity index (χ0n) is 3.85. The standard InChI is InChI=1S/C4H6O3/c5-2-1-3-7-4-6/h1-3H2. The Morgan fingerprint density at radius 1 is 1.57 bits per heavy atom. The van der Waals surface area contributed by atoms with Crippen LogP contribution in [0.1, 0.15) is 6.42 Å². The van der Waals surface area contributed by atoms with E-state index < -0.39 is 0 Å². The van der Waals surface area contributed by atoms with Gasteiger partial charge in [0.1, 0.15) is 0 Å². The molecular weight excluding hydrogens is 96.0 g/mol. The fraction of sp³-hybridized carbons (Fsp3) is 0.750. The van der Waals surface area contributed by atoms with Crippen molar-refractivity contribution in [3.8, 4) is 0 Å². The van der Waals surface area contributed by atoms with Crippen molar-refractivity contribution in [2.45, 2.75) is 6.42 Å². The lowest BCUT2D eigenvalue weighted by atomic mass is 10.5. The molecule has 0 N–H and O–H groups in total. The molecule has 7 heavy (non-hydrogen) atoms. The van der Waals surface area contributed by atoms with Crippen LogP contribution in [0.2, 0.25) is 0 Å². The molecule has 0 atom stereocenters. The van der Waals surface area contributed by atoms with Gasteiger partial charge in [0.2, 0.25) is 0 Å². The van der Waals surface area contributed by atoms with Gasteiger partial charge in [-0.2, -0.15) is 0 Å². The average molecular weight is 102 g/mol. The fourth-order valence-electron chi connectivity index (χ4n) is 0.173. The Hall–Kier alpha value is -0.570. The van der Waals surface area contributed by atoms with Crippen molar-refractivity contribution in [2.24, 2.45) is 0 Å². The van der Waals surface area contributed by atoms with E-state index in [1.54, 1.807) is 0 Å². The van der Waals surface area contributed by atoms with Gasteiger partial charge in [0.05, 0.1) is 13.2 Å². The van der Waals surface area contributed by atoms with Gasteiger partial charge in [-0.1, -0.05) is 0 Å². The van der Waals surface area contributed by atoms with E-state index in [1.807, 2.05) is 0 Å².